The molecule has 0 radical (unpaired) electrons. The second kappa shape index (κ2) is 11.5. The molecule has 0 spiro atoms. The first-order valence-corrected chi connectivity index (χ1v) is 9.89. The molecule has 0 aromatic rings. The lowest BCUT2D eigenvalue weighted by Crippen LogP contribution is -2.61. The maximum Gasteiger partial charge on any atom is 0.186 e. The lowest BCUT2D eigenvalue weighted by molar-refractivity contribution is -0.317. The molecule has 2 aliphatic rings. The minimum atomic E-state index is -1.62. The third-order valence-corrected chi connectivity index (χ3v) is 5.67. The van der Waals surface area contributed by atoms with Crippen molar-refractivity contribution in [3.8, 4) is 0 Å². The summed E-state index contributed by atoms with van der Waals surface area (Å²) in [5, 5.41) is 78.0. The fourth-order valence-electron chi connectivity index (χ4n) is 3.29. The van der Waals surface area contributed by atoms with E-state index in [2.05, 4.69) is 0 Å². The third-order valence-electron chi connectivity index (χ3n) is 5.67. The number of ether oxygens (including phenoxy) is 4. The molecule has 14 heteroatoms. The molecule has 31 heavy (non-hydrogen) atoms. The Morgan fingerprint density at radius 1 is 0.613 bits per heavy atom. The molecule has 12 N–H and O–H groups in total. The summed E-state index contributed by atoms with van der Waals surface area (Å²) >= 11 is 0. The molecule has 0 amide bonds. The summed E-state index contributed by atoms with van der Waals surface area (Å²) in [6.45, 7) is -1.91. The highest BCUT2D eigenvalue weighted by Gasteiger charge is 2.47. The smallest absolute Gasteiger partial charge is 0.186 e. The van der Waals surface area contributed by atoms with Crippen molar-refractivity contribution in [3.05, 3.63) is 0 Å². The normalized spacial score (nSPS) is 42.0. The van der Waals surface area contributed by atoms with Crippen molar-refractivity contribution in [2.75, 3.05) is 39.5 Å². The minimum absolute atomic E-state index is 0.0850. The first kappa shape index (κ1) is 26.7. The van der Waals surface area contributed by atoms with E-state index in [1.165, 1.54) is 0 Å². The highest BCUT2D eigenvalue weighted by Crippen LogP contribution is 2.27. The monoisotopic (exact) mass is 458 g/mol. The van der Waals surface area contributed by atoms with Gasteiger partial charge in [0.1, 0.15) is 48.8 Å². The summed E-state index contributed by atoms with van der Waals surface area (Å²) in [5.41, 5.74) is 10.6. The van der Waals surface area contributed by atoms with Gasteiger partial charge in [-0.2, -0.15) is 0 Å². The molecule has 0 aliphatic carbocycles. The predicted molar refractivity (Wildman–Crippen MR) is 100.0 cm³/mol. The zero-order chi connectivity index (χ0) is 23.3. The van der Waals surface area contributed by atoms with Crippen LogP contribution in [0.2, 0.25) is 0 Å². The number of hydrogen-bond acceptors (Lipinski definition) is 14. The van der Waals surface area contributed by atoms with Gasteiger partial charge in [0.2, 0.25) is 0 Å². The second-order valence-corrected chi connectivity index (χ2v) is 7.92. The van der Waals surface area contributed by atoms with E-state index in [1.54, 1.807) is 0 Å². The maximum absolute atomic E-state index is 10.1. The van der Waals surface area contributed by atoms with Crippen LogP contribution >= 0.6 is 0 Å². The van der Waals surface area contributed by atoms with E-state index in [0.29, 0.717) is 0 Å². The van der Waals surface area contributed by atoms with E-state index in [0.717, 1.165) is 0 Å². The average molecular weight is 458 g/mol. The van der Waals surface area contributed by atoms with Crippen molar-refractivity contribution in [2.45, 2.75) is 61.4 Å². The van der Waals surface area contributed by atoms with Gasteiger partial charge in [0.15, 0.2) is 12.6 Å². The van der Waals surface area contributed by atoms with Crippen LogP contribution in [0.5, 0.6) is 0 Å². The molecular weight excluding hydrogens is 424 g/mol. The summed E-state index contributed by atoms with van der Waals surface area (Å²) in [4.78, 5) is 0. The Balaban J connectivity index is 2.00. The molecule has 2 heterocycles. The Labute approximate surface area is 178 Å². The second-order valence-electron chi connectivity index (χ2n) is 7.92. The Hall–Kier alpha value is -0.560. The Kier molecular flexibility index (Phi) is 9.93. The van der Waals surface area contributed by atoms with Gasteiger partial charge in [-0.1, -0.05) is 0 Å². The molecule has 2 rings (SSSR count). The summed E-state index contributed by atoms with van der Waals surface area (Å²) in [5.74, 6) is 0. The lowest BCUT2D eigenvalue weighted by atomic mass is 9.90. The number of rotatable bonds is 10. The topological polar surface area (TPSA) is 251 Å². The molecule has 14 nitrogen and oxygen atoms in total. The Morgan fingerprint density at radius 2 is 0.968 bits per heavy atom. The molecular formula is C17H34N2O12. The number of aliphatic hydroxyl groups is 8. The van der Waals surface area contributed by atoms with Crippen LogP contribution in [-0.2, 0) is 18.9 Å². The quantitative estimate of drug-likeness (QED) is 0.146. The van der Waals surface area contributed by atoms with Gasteiger partial charge in [0.05, 0.1) is 26.4 Å². The number of nitrogens with two attached hydrogens (primary N) is 2. The summed E-state index contributed by atoms with van der Waals surface area (Å²) in [6.07, 6.45) is -14.7. The fraction of sp³-hybridized carbons (Fsp3) is 1.00. The van der Waals surface area contributed by atoms with E-state index in [4.69, 9.17) is 30.4 Å². The van der Waals surface area contributed by atoms with Crippen molar-refractivity contribution in [1.82, 2.24) is 0 Å². The van der Waals surface area contributed by atoms with Crippen LogP contribution in [0.25, 0.3) is 0 Å². The van der Waals surface area contributed by atoms with Crippen LogP contribution in [0.4, 0.5) is 0 Å². The van der Waals surface area contributed by atoms with Crippen molar-refractivity contribution < 1.29 is 59.8 Å². The zero-order valence-corrected chi connectivity index (χ0v) is 16.9. The van der Waals surface area contributed by atoms with Gasteiger partial charge in [-0.05, 0) is 0 Å². The molecule has 2 saturated heterocycles. The van der Waals surface area contributed by atoms with E-state index >= 15 is 0 Å². The van der Waals surface area contributed by atoms with E-state index in [9.17, 15) is 40.9 Å². The van der Waals surface area contributed by atoms with Crippen LogP contribution in [0, 0.1) is 5.41 Å². The van der Waals surface area contributed by atoms with Crippen molar-refractivity contribution in [2.24, 2.45) is 16.9 Å². The minimum Gasteiger partial charge on any atom is -0.394 e. The first-order chi connectivity index (χ1) is 14.6. The molecule has 2 aliphatic heterocycles. The van der Waals surface area contributed by atoms with Gasteiger partial charge in [-0.15, -0.1) is 0 Å². The van der Waals surface area contributed by atoms with E-state index in [-0.39, 0.29) is 26.3 Å². The van der Waals surface area contributed by atoms with Gasteiger partial charge in [-0.3, -0.25) is 0 Å². The average Bonchev–Trinajstić information content (AvgIpc) is 2.78. The highest BCUT2D eigenvalue weighted by atomic mass is 16.7. The lowest BCUT2D eigenvalue weighted by Gasteiger charge is -2.42. The van der Waals surface area contributed by atoms with E-state index in [1.807, 2.05) is 0 Å². The first-order valence-electron chi connectivity index (χ1n) is 9.89. The molecule has 0 bridgehead atoms. The highest BCUT2D eigenvalue weighted by molar-refractivity contribution is 4.91. The molecule has 0 unspecified atom stereocenters. The molecule has 0 aromatic heterocycles. The van der Waals surface area contributed by atoms with Gasteiger partial charge in [0, 0.05) is 18.5 Å². The van der Waals surface area contributed by atoms with Gasteiger partial charge >= 0.3 is 0 Å². The molecule has 0 saturated carbocycles. The fourth-order valence-corrected chi connectivity index (χ4v) is 3.29. The molecule has 2 fully saturated rings. The van der Waals surface area contributed by atoms with Crippen molar-refractivity contribution in [3.63, 3.8) is 0 Å². The van der Waals surface area contributed by atoms with E-state index < -0.39 is 80.0 Å². The van der Waals surface area contributed by atoms with Crippen molar-refractivity contribution >= 4 is 0 Å². The van der Waals surface area contributed by atoms with Crippen molar-refractivity contribution in [1.29, 1.82) is 0 Å². The van der Waals surface area contributed by atoms with Crippen LogP contribution in [0.15, 0.2) is 0 Å². The molecule has 184 valence electrons. The third kappa shape index (κ3) is 5.87. The van der Waals surface area contributed by atoms with Crippen LogP contribution in [0.3, 0.4) is 0 Å². The Bertz CT molecular complexity index is 495. The van der Waals surface area contributed by atoms with Gasteiger partial charge < -0.3 is 71.3 Å². The zero-order valence-electron chi connectivity index (χ0n) is 16.9. The van der Waals surface area contributed by atoms with Crippen LogP contribution in [0.1, 0.15) is 0 Å². The summed E-state index contributed by atoms with van der Waals surface area (Å²) < 4.78 is 21.6. The summed E-state index contributed by atoms with van der Waals surface area (Å²) in [7, 11) is 0. The van der Waals surface area contributed by atoms with Crippen LogP contribution < -0.4 is 11.5 Å². The molecule has 0 aromatic carbocycles. The number of hydrogen-bond donors (Lipinski definition) is 10. The maximum atomic E-state index is 10.1. The largest absolute Gasteiger partial charge is 0.394 e. The standard InChI is InChI=1S/C17H34N2O12/c18-3-17(4-19,5-28-15-13(26)11(24)9(22)7(1-20)30-15)6-29-16-14(27)12(25)10(23)8(2-21)31-16/h7-16,20-27H,1-6,18-19H2/t7-,8-,9-,10-,11+,12+,13-,14-,15-,16-/m1/s1. The van der Waals surface area contributed by atoms with Gasteiger partial charge in [-0.25, -0.2) is 0 Å². The molecule has 10 atom stereocenters. The Morgan fingerprint density at radius 3 is 1.26 bits per heavy atom. The van der Waals surface area contributed by atoms with Gasteiger partial charge in [0.25, 0.3) is 0 Å². The summed E-state index contributed by atoms with van der Waals surface area (Å²) in [6, 6.07) is 0. The number of aliphatic hydroxyl groups excluding tert-OH is 8. The predicted octanol–water partition coefficient (Wildman–Crippen LogP) is -6.48. The SMILES string of the molecule is NCC(CN)(CO[C@@H]1O[C@H](CO)[C@@H](O)[C@H](O)[C@H]1O)CO[C@@H]1O[C@H](CO)[C@@H](O)[C@H](O)[C@H]1O. The van der Waals surface area contributed by atoms with Crippen LogP contribution in [-0.4, -0.2) is 142 Å².